The lowest BCUT2D eigenvalue weighted by atomic mass is 10.1. The first kappa shape index (κ1) is 8.63. The Kier molecular flexibility index (Phi) is 2.04. The Balaban J connectivity index is 2.60. The Morgan fingerprint density at radius 2 is 2.23 bits per heavy atom. The third kappa shape index (κ3) is 1.33. The molecular formula is C10H10O2S. The van der Waals surface area contributed by atoms with E-state index >= 15 is 0 Å². The Bertz CT molecular complexity index is 371. The zero-order valence-corrected chi connectivity index (χ0v) is 8.40. The van der Waals surface area contributed by atoms with Crippen LogP contribution in [0.5, 0.6) is 5.75 Å². The highest BCUT2D eigenvalue weighted by Gasteiger charge is 2.22. The molecule has 1 aliphatic rings. The number of benzene rings is 1. The second-order valence-corrected chi connectivity index (χ2v) is 4.02. The van der Waals surface area contributed by atoms with Crippen LogP contribution in [-0.2, 0) is 0 Å². The molecule has 0 saturated heterocycles. The largest absolute Gasteiger partial charge is 0.497 e. The number of thioether (sulfide) groups is 1. The van der Waals surface area contributed by atoms with Gasteiger partial charge in [-0.3, -0.25) is 4.79 Å². The monoisotopic (exact) mass is 194 g/mol. The molecule has 0 aliphatic carbocycles. The Hall–Kier alpha value is -0.960. The highest BCUT2D eigenvalue weighted by atomic mass is 32.2. The predicted octanol–water partition coefficient (Wildman–Crippen LogP) is 2.29. The number of ether oxygens (including phenoxy) is 1. The van der Waals surface area contributed by atoms with Gasteiger partial charge in [0.25, 0.3) is 0 Å². The van der Waals surface area contributed by atoms with Gasteiger partial charge in [-0.05, 0) is 24.6 Å². The number of hydrogen-bond donors (Lipinski definition) is 0. The summed E-state index contributed by atoms with van der Waals surface area (Å²) in [5.74, 6) is 1.55. The standard InChI is InChI=1S/C10H10O2S/c1-6-3-7(12-2)4-8-9(11)5-13-10(6)8/h3-4H,5H2,1-2H3. The summed E-state index contributed by atoms with van der Waals surface area (Å²) in [7, 11) is 1.62. The molecule has 0 spiro atoms. The molecule has 2 rings (SSSR count). The summed E-state index contributed by atoms with van der Waals surface area (Å²) in [5.41, 5.74) is 1.95. The van der Waals surface area contributed by atoms with Crippen LogP contribution in [0.15, 0.2) is 17.0 Å². The van der Waals surface area contributed by atoms with Crippen LogP contribution in [0, 0.1) is 6.92 Å². The van der Waals surface area contributed by atoms with Crippen LogP contribution < -0.4 is 4.74 Å². The van der Waals surface area contributed by atoms with E-state index in [-0.39, 0.29) is 5.78 Å². The first-order valence-corrected chi connectivity index (χ1v) is 5.05. The molecule has 0 N–H and O–H groups in total. The van der Waals surface area contributed by atoms with Crippen LogP contribution in [0.4, 0.5) is 0 Å². The average Bonchev–Trinajstić information content (AvgIpc) is 2.48. The topological polar surface area (TPSA) is 26.3 Å². The number of carbonyl (C=O) groups excluding carboxylic acids is 1. The fraction of sp³-hybridized carbons (Fsp3) is 0.300. The quantitative estimate of drug-likeness (QED) is 0.686. The minimum Gasteiger partial charge on any atom is -0.497 e. The van der Waals surface area contributed by atoms with E-state index in [1.165, 1.54) is 0 Å². The molecule has 2 nitrogen and oxygen atoms in total. The van der Waals surface area contributed by atoms with Crippen molar-refractivity contribution in [3.63, 3.8) is 0 Å². The van der Waals surface area contributed by atoms with Crippen molar-refractivity contribution < 1.29 is 9.53 Å². The van der Waals surface area contributed by atoms with Crippen LogP contribution in [0.2, 0.25) is 0 Å². The average molecular weight is 194 g/mol. The number of methoxy groups -OCH3 is 1. The van der Waals surface area contributed by atoms with Gasteiger partial charge in [-0.25, -0.2) is 0 Å². The Labute approximate surface area is 81.3 Å². The molecule has 0 amide bonds. The molecule has 3 heteroatoms. The molecule has 1 aliphatic heterocycles. The molecule has 0 unspecified atom stereocenters. The minimum absolute atomic E-state index is 0.210. The zero-order chi connectivity index (χ0) is 9.42. The van der Waals surface area contributed by atoms with E-state index in [1.54, 1.807) is 18.9 Å². The summed E-state index contributed by atoms with van der Waals surface area (Å²) in [5, 5.41) is 0. The molecule has 1 heterocycles. The summed E-state index contributed by atoms with van der Waals surface area (Å²) >= 11 is 1.62. The van der Waals surface area contributed by atoms with E-state index in [2.05, 4.69) is 0 Å². The van der Waals surface area contributed by atoms with Crippen molar-refractivity contribution in [3.05, 3.63) is 23.3 Å². The molecule has 1 aromatic rings. The van der Waals surface area contributed by atoms with Crippen LogP contribution >= 0.6 is 11.8 Å². The molecule has 0 saturated carbocycles. The van der Waals surface area contributed by atoms with E-state index in [4.69, 9.17) is 4.74 Å². The maximum absolute atomic E-state index is 11.4. The fourth-order valence-corrected chi connectivity index (χ4v) is 2.52. The van der Waals surface area contributed by atoms with E-state index in [9.17, 15) is 4.79 Å². The Morgan fingerprint density at radius 3 is 2.92 bits per heavy atom. The molecule has 0 radical (unpaired) electrons. The van der Waals surface area contributed by atoms with E-state index in [0.717, 1.165) is 21.8 Å². The van der Waals surface area contributed by atoms with Crippen LogP contribution in [-0.4, -0.2) is 18.6 Å². The van der Waals surface area contributed by atoms with Gasteiger partial charge in [0.1, 0.15) is 5.75 Å². The summed E-state index contributed by atoms with van der Waals surface area (Å²) in [4.78, 5) is 12.5. The van der Waals surface area contributed by atoms with Gasteiger partial charge in [-0.2, -0.15) is 0 Å². The van der Waals surface area contributed by atoms with E-state index < -0.39 is 0 Å². The van der Waals surface area contributed by atoms with E-state index in [0.29, 0.717) is 5.75 Å². The number of carbonyl (C=O) groups is 1. The lowest BCUT2D eigenvalue weighted by Gasteiger charge is -2.05. The smallest absolute Gasteiger partial charge is 0.174 e. The molecule has 0 aromatic heterocycles. The normalized spacial score (nSPS) is 14.5. The minimum atomic E-state index is 0.210. The summed E-state index contributed by atoms with van der Waals surface area (Å²) in [6, 6.07) is 3.79. The third-order valence-corrected chi connectivity index (χ3v) is 3.37. The summed E-state index contributed by atoms with van der Waals surface area (Å²) < 4.78 is 5.11. The van der Waals surface area contributed by atoms with Gasteiger partial charge in [-0.15, -0.1) is 11.8 Å². The Morgan fingerprint density at radius 1 is 1.46 bits per heavy atom. The number of hydrogen-bond acceptors (Lipinski definition) is 3. The molecule has 68 valence electrons. The van der Waals surface area contributed by atoms with E-state index in [1.807, 2.05) is 19.1 Å². The van der Waals surface area contributed by atoms with Crippen molar-refractivity contribution in [2.75, 3.05) is 12.9 Å². The molecule has 0 atom stereocenters. The first-order chi connectivity index (χ1) is 6.22. The number of ketones is 1. The summed E-state index contributed by atoms with van der Waals surface area (Å²) in [6.07, 6.45) is 0. The number of Topliss-reactive ketones (excluding diaryl/α,β-unsaturated/α-hetero) is 1. The second kappa shape index (κ2) is 3.07. The van der Waals surface area contributed by atoms with Gasteiger partial charge in [0.2, 0.25) is 0 Å². The van der Waals surface area contributed by atoms with Gasteiger partial charge in [0.05, 0.1) is 12.9 Å². The third-order valence-electron chi connectivity index (χ3n) is 2.13. The van der Waals surface area contributed by atoms with Crippen molar-refractivity contribution in [1.82, 2.24) is 0 Å². The highest BCUT2D eigenvalue weighted by molar-refractivity contribution is 8.00. The van der Waals surface area contributed by atoms with Gasteiger partial charge >= 0.3 is 0 Å². The van der Waals surface area contributed by atoms with Crippen molar-refractivity contribution in [3.8, 4) is 5.75 Å². The number of fused-ring (bicyclic) bond motifs is 1. The predicted molar refractivity (Wildman–Crippen MR) is 52.8 cm³/mol. The maximum Gasteiger partial charge on any atom is 0.174 e. The van der Waals surface area contributed by atoms with Gasteiger partial charge in [0.15, 0.2) is 5.78 Å². The number of rotatable bonds is 1. The van der Waals surface area contributed by atoms with Gasteiger partial charge in [-0.1, -0.05) is 0 Å². The zero-order valence-electron chi connectivity index (χ0n) is 7.59. The molecule has 0 fully saturated rings. The first-order valence-electron chi connectivity index (χ1n) is 4.07. The van der Waals surface area contributed by atoms with Gasteiger partial charge < -0.3 is 4.74 Å². The lowest BCUT2D eigenvalue weighted by Crippen LogP contribution is -1.96. The number of aryl methyl sites for hydroxylation is 1. The van der Waals surface area contributed by atoms with Crippen LogP contribution in [0.1, 0.15) is 15.9 Å². The van der Waals surface area contributed by atoms with Crippen LogP contribution in [0.3, 0.4) is 0 Å². The van der Waals surface area contributed by atoms with Crippen LogP contribution in [0.25, 0.3) is 0 Å². The lowest BCUT2D eigenvalue weighted by molar-refractivity contribution is 0.102. The molecule has 1 aromatic carbocycles. The van der Waals surface area contributed by atoms with Gasteiger partial charge in [0, 0.05) is 10.5 Å². The highest BCUT2D eigenvalue weighted by Crippen LogP contribution is 2.36. The molecule has 0 bridgehead atoms. The van der Waals surface area contributed by atoms with Crippen molar-refractivity contribution in [2.24, 2.45) is 0 Å². The maximum atomic E-state index is 11.4. The summed E-state index contributed by atoms with van der Waals surface area (Å²) in [6.45, 7) is 2.01. The van der Waals surface area contributed by atoms with Crippen molar-refractivity contribution >= 4 is 17.5 Å². The second-order valence-electron chi connectivity index (χ2n) is 3.03. The fourth-order valence-electron chi connectivity index (χ4n) is 1.47. The molecular weight excluding hydrogens is 184 g/mol. The molecule has 13 heavy (non-hydrogen) atoms. The SMILES string of the molecule is COc1cc(C)c2c(c1)C(=O)CS2. The van der Waals surface area contributed by atoms with Crippen molar-refractivity contribution in [1.29, 1.82) is 0 Å². The van der Waals surface area contributed by atoms with Crippen molar-refractivity contribution in [2.45, 2.75) is 11.8 Å².